The Balaban J connectivity index is 2.41. The van der Waals surface area contributed by atoms with Crippen LogP contribution in [0.2, 0.25) is 0 Å². The molecule has 0 unspecified atom stereocenters. The van der Waals surface area contributed by atoms with E-state index in [4.69, 9.17) is 37.4 Å². The van der Waals surface area contributed by atoms with E-state index in [1.165, 1.54) is 11.1 Å². The van der Waals surface area contributed by atoms with Gasteiger partial charge in [0.25, 0.3) is 0 Å². The summed E-state index contributed by atoms with van der Waals surface area (Å²) in [5.41, 5.74) is 2.35. The second-order valence-corrected chi connectivity index (χ2v) is 11.2. The molecule has 0 aliphatic rings. The van der Waals surface area contributed by atoms with Crippen LogP contribution in [0.3, 0.4) is 0 Å². The Morgan fingerprint density at radius 3 is 2.06 bits per heavy atom. The molecule has 0 N–H and O–H groups in total. The van der Waals surface area contributed by atoms with E-state index in [-0.39, 0.29) is 4.49 Å². The summed E-state index contributed by atoms with van der Waals surface area (Å²) in [6, 6.07) is 4.11. The average molecular weight is 510 g/mol. The lowest BCUT2D eigenvalue weighted by atomic mass is 10.0. The summed E-state index contributed by atoms with van der Waals surface area (Å²) in [6.07, 6.45) is 6.65. The lowest BCUT2D eigenvalue weighted by molar-refractivity contribution is 0.140. The molecule has 1 aromatic carbocycles. The maximum absolute atomic E-state index is 6.20. The van der Waals surface area contributed by atoms with Crippen molar-refractivity contribution in [1.29, 1.82) is 0 Å². The van der Waals surface area contributed by atoms with E-state index in [9.17, 15) is 0 Å². The molecule has 1 aromatic rings. The number of aryl methyl sites for hydroxylation is 2. The highest BCUT2D eigenvalue weighted by Gasteiger charge is 2.12. The molecule has 178 valence electrons. The quantitative estimate of drug-likeness (QED) is 0.148. The maximum Gasteiger partial charge on any atom is 0.125 e. The zero-order valence-electron chi connectivity index (χ0n) is 19.4. The van der Waals surface area contributed by atoms with Gasteiger partial charge in [0.05, 0.1) is 17.8 Å². The summed E-state index contributed by atoms with van der Waals surface area (Å²) in [5, 5.41) is 0. The van der Waals surface area contributed by atoms with Gasteiger partial charge in [0.2, 0.25) is 0 Å². The highest BCUT2D eigenvalue weighted by atomic mass is 35.5. The summed E-state index contributed by atoms with van der Waals surface area (Å²) in [6.45, 7) is 11.4. The molecule has 0 atom stereocenters. The van der Waals surface area contributed by atoms with Crippen LogP contribution in [0.4, 0.5) is 0 Å². The number of benzene rings is 1. The normalized spacial score (nSPS) is 11.1. The van der Waals surface area contributed by atoms with E-state index in [1.807, 2.05) is 23.5 Å². The molecule has 0 aromatic heterocycles. The standard InChI is InChI=1S/C24H38Cl2O3S2/c1-5-19-16-21(28-15-12-22(25)26)17-20(6-2)24(19)29-14-11-9-10-13-27-18-23(30-7-3)31-8-4/h12,16-17,23H,5-11,13-15,18H2,1-4H3. The number of rotatable bonds is 18. The van der Waals surface area contributed by atoms with Gasteiger partial charge in [-0.05, 0) is 72.9 Å². The van der Waals surface area contributed by atoms with Crippen molar-refractivity contribution in [2.24, 2.45) is 0 Å². The molecule has 3 nitrogen and oxygen atoms in total. The first-order chi connectivity index (χ1) is 15.0. The van der Waals surface area contributed by atoms with E-state index in [0.717, 1.165) is 74.9 Å². The number of hydrogen-bond donors (Lipinski definition) is 0. The number of hydrogen-bond acceptors (Lipinski definition) is 5. The van der Waals surface area contributed by atoms with Crippen molar-refractivity contribution >= 4 is 46.7 Å². The number of thioether (sulfide) groups is 2. The molecule has 0 bridgehead atoms. The van der Waals surface area contributed by atoms with Crippen molar-refractivity contribution in [2.45, 2.75) is 64.4 Å². The van der Waals surface area contributed by atoms with Crippen LogP contribution in [0.15, 0.2) is 22.7 Å². The molecule has 0 radical (unpaired) electrons. The third-order valence-electron chi connectivity index (χ3n) is 4.60. The van der Waals surface area contributed by atoms with Gasteiger partial charge in [0.1, 0.15) is 22.6 Å². The second kappa shape index (κ2) is 18.3. The Hall–Kier alpha value is -0.200. The molecular formula is C24H38Cl2O3S2. The largest absolute Gasteiger partial charge is 0.493 e. The highest BCUT2D eigenvalue weighted by Crippen LogP contribution is 2.31. The minimum atomic E-state index is 0.219. The summed E-state index contributed by atoms with van der Waals surface area (Å²) >= 11 is 15.3. The van der Waals surface area contributed by atoms with Gasteiger partial charge in [-0.1, -0.05) is 50.9 Å². The molecule has 31 heavy (non-hydrogen) atoms. The fourth-order valence-electron chi connectivity index (χ4n) is 3.07. The van der Waals surface area contributed by atoms with Crippen LogP contribution in [-0.4, -0.2) is 42.5 Å². The second-order valence-electron chi connectivity index (χ2n) is 6.91. The molecule has 0 aliphatic heterocycles. The van der Waals surface area contributed by atoms with Crippen molar-refractivity contribution in [2.75, 3.05) is 37.9 Å². The Morgan fingerprint density at radius 2 is 1.52 bits per heavy atom. The molecule has 0 aliphatic carbocycles. The first-order valence-corrected chi connectivity index (χ1v) is 14.1. The lowest BCUT2D eigenvalue weighted by Crippen LogP contribution is -2.10. The summed E-state index contributed by atoms with van der Waals surface area (Å²) in [4.78, 5) is 0. The summed E-state index contributed by atoms with van der Waals surface area (Å²) in [7, 11) is 0. The number of unbranched alkanes of at least 4 members (excludes halogenated alkanes) is 2. The zero-order chi connectivity index (χ0) is 22.9. The molecule has 0 saturated carbocycles. The monoisotopic (exact) mass is 508 g/mol. The first-order valence-electron chi connectivity index (χ1n) is 11.3. The predicted octanol–water partition coefficient (Wildman–Crippen LogP) is 7.91. The zero-order valence-corrected chi connectivity index (χ0v) is 22.5. The minimum absolute atomic E-state index is 0.219. The van der Waals surface area contributed by atoms with Crippen molar-refractivity contribution in [3.05, 3.63) is 33.8 Å². The molecule has 0 heterocycles. The first kappa shape index (κ1) is 28.8. The molecule has 7 heteroatoms. The smallest absolute Gasteiger partial charge is 0.125 e. The minimum Gasteiger partial charge on any atom is -0.493 e. The molecule has 0 amide bonds. The van der Waals surface area contributed by atoms with Gasteiger partial charge in [-0.15, -0.1) is 23.5 Å². The fourth-order valence-corrected chi connectivity index (χ4v) is 5.53. The van der Waals surface area contributed by atoms with Crippen LogP contribution < -0.4 is 9.47 Å². The van der Waals surface area contributed by atoms with Gasteiger partial charge in [-0.25, -0.2) is 0 Å². The van der Waals surface area contributed by atoms with Crippen molar-refractivity contribution in [1.82, 2.24) is 0 Å². The van der Waals surface area contributed by atoms with E-state index in [1.54, 1.807) is 6.08 Å². The van der Waals surface area contributed by atoms with E-state index in [0.29, 0.717) is 11.2 Å². The van der Waals surface area contributed by atoms with Crippen LogP contribution in [0.25, 0.3) is 0 Å². The van der Waals surface area contributed by atoms with Gasteiger partial charge in [-0.3, -0.25) is 0 Å². The third-order valence-corrected chi connectivity index (χ3v) is 7.41. The molecular weight excluding hydrogens is 471 g/mol. The topological polar surface area (TPSA) is 27.7 Å². The molecule has 1 rings (SSSR count). The van der Waals surface area contributed by atoms with Crippen LogP contribution in [-0.2, 0) is 17.6 Å². The van der Waals surface area contributed by atoms with E-state index >= 15 is 0 Å². The van der Waals surface area contributed by atoms with E-state index in [2.05, 4.69) is 39.8 Å². The Bertz CT molecular complexity index is 606. The average Bonchev–Trinajstić information content (AvgIpc) is 2.75. The summed E-state index contributed by atoms with van der Waals surface area (Å²) in [5.74, 6) is 4.12. The Morgan fingerprint density at radius 1 is 0.903 bits per heavy atom. The fraction of sp³-hybridized carbons (Fsp3) is 0.667. The van der Waals surface area contributed by atoms with Crippen LogP contribution in [0.5, 0.6) is 11.5 Å². The SMILES string of the molecule is CCSC(COCCCCCOc1c(CC)cc(OCC=C(Cl)Cl)cc1CC)SCC. The number of ether oxygens (including phenoxy) is 3. The van der Waals surface area contributed by atoms with Gasteiger partial charge < -0.3 is 14.2 Å². The molecule has 0 fully saturated rings. The van der Waals surface area contributed by atoms with Crippen molar-refractivity contribution in [3.63, 3.8) is 0 Å². The van der Waals surface area contributed by atoms with Crippen molar-refractivity contribution < 1.29 is 14.2 Å². The maximum atomic E-state index is 6.20. The van der Waals surface area contributed by atoms with Crippen LogP contribution in [0, 0.1) is 0 Å². The Labute approximate surface area is 208 Å². The van der Waals surface area contributed by atoms with Crippen LogP contribution in [0.1, 0.15) is 58.1 Å². The predicted molar refractivity (Wildman–Crippen MR) is 141 cm³/mol. The van der Waals surface area contributed by atoms with Crippen LogP contribution >= 0.6 is 46.7 Å². The van der Waals surface area contributed by atoms with Gasteiger partial charge in [0.15, 0.2) is 0 Å². The Kier molecular flexibility index (Phi) is 17.0. The number of halogens is 2. The molecule has 0 saturated heterocycles. The molecule has 0 spiro atoms. The van der Waals surface area contributed by atoms with Gasteiger partial charge in [0, 0.05) is 6.61 Å². The summed E-state index contributed by atoms with van der Waals surface area (Å²) < 4.78 is 18.6. The van der Waals surface area contributed by atoms with Gasteiger partial charge >= 0.3 is 0 Å². The van der Waals surface area contributed by atoms with Crippen molar-refractivity contribution in [3.8, 4) is 11.5 Å². The third kappa shape index (κ3) is 12.6. The van der Waals surface area contributed by atoms with Gasteiger partial charge in [-0.2, -0.15) is 0 Å². The lowest BCUT2D eigenvalue weighted by Gasteiger charge is -2.17. The highest BCUT2D eigenvalue weighted by molar-refractivity contribution is 8.17. The van der Waals surface area contributed by atoms with E-state index < -0.39 is 0 Å².